The van der Waals surface area contributed by atoms with Gasteiger partial charge in [0.25, 0.3) is 0 Å². The summed E-state index contributed by atoms with van der Waals surface area (Å²) in [7, 11) is 1.62. The van der Waals surface area contributed by atoms with Crippen molar-refractivity contribution < 1.29 is 13.5 Å². The third-order valence-electron chi connectivity index (χ3n) is 3.19. The minimum Gasteiger partial charge on any atom is -0.497 e. The van der Waals surface area contributed by atoms with Gasteiger partial charge in [0.1, 0.15) is 5.75 Å². The number of benzene rings is 2. The standard InChI is InChI=1S/C16H17F2NO/c1-3-16(11-4-7-13(20-2)8-5-11)19-12-6-9-14(17)15(18)10-12/h4-10,16,19H,3H2,1-2H3. The molecule has 1 N–H and O–H groups in total. The molecule has 0 saturated carbocycles. The van der Waals surface area contributed by atoms with Gasteiger partial charge in [0.05, 0.1) is 13.2 Å². The first kappa shape index (κ1) is 14.3. The van der Waals surface area contributed by atoms with Gasteiger partial charge >= 0.3 is 0 Å². The van der Waals surface area contributed by atoms with Crippen molar-refractivity contribution in [3.05, 3.63) is 59.7 Å². The average molecular weight is 277 g/mol. The molecule has 2 aromatic carbocycles. The monoisotopic (exact) mass is 277 g/mol. The summed E-state index contributed by atoms with van der Waals surface area (Å²) in [4.78, 5) is 0. The predicted molar refractivity (Wildman–Crippen MR) is 76.0 cm³/mol. The van der Waals surface area contributed by atoms with E-state index in [-0.39, 0.29) is 6.04 Å². The highest BCUT2D eigenvalue weighted by Gasteiger charge is 2.10. The van der Waals surface area contributed by atoms with Crippen LogP contribution in [0.25, 0.3) is 0 Å². The summed E-state index contributed by atoms with van der Waals surface area (Å²) in [6.07, 6.45) is 0.825. The van der Waals surface area contributed by atoms with Crippen LogP contribution in [0.5, 0.6) is 5.75 Å². The summed E-state index contributed by atoms with van der Waals surface area (Å²) in [6, 6.07) is 11.5. The van der Waals surface area contributed by atoms with Gasteiger partial charge in [-0.25, -0.2) is 8.78 Å². The van der Waals surface area contributed by atoms with Gasteiger partial charge in [-0.1, -0.05) is 19.1 Å². The molecule has 2 nitrogen and oxygen atoms in total. The zero-order chi connectivity index (χ0) is 14.5. The Balaban J connectivity index is 2.16. The van der Waals surface area contributed by atoms with Crippen LogP contribution in [0, 0.1) is 11.6 Å². The minimum atomic E-state index is -0.848. The molecule has 0 aliphatic rings. The first-order valence-electron chi connectivity index (χ1n) is 6.49. The van der Waals surface area contributed by atoms with E-state index in [9.17, 15) is 8.78 Å². The minimum absolute atomic E-state index is 0.0331. The molecule has 0 aliphatic carbocycles. The third-order valence-corrected chi connectivity index (χ3v) is 3.19. The SMILES string of the molecule is CCC(Nc1ccc(F)c(F)c1)c1ccc(OC)cc1. The van der Waals surface area contributed by atoms with Gasteiger partial charge in [0.2, 0.25) is 0 Å². The lowest BCUT2D eigenvalue weighted by atomic mass is 10.0. The van der Waals surface area contributed by atoms with Gasteiger partial charge < -0.3 is 10.1 Å². The van der Waals surface area contributed by atoms with Crippen LogP contribution in [0.4, 0.5) is 14.5 Å². The van der Waals surface area contributed by atoms with Gasteiger partial charge in [-0.05, 0) is 36.2 Å². The van der Waals surface area contributed by atoms with Crippen molar-refractivity contribution in [3.8, 4) is 5.75 Å². The van der Waals surface area contributed by atoms with Crippen LogP contribution in [0.2, 0.25) is 0 Å². The van der Waals surface area contributed by atoms with E-state index >= 15 is 0 Å². The first-order chi connectivity index (χ1) is 9.63. The van der Waals surface area contributed by atoms with Gasteiger partial charge in [-0.2, -0.15) is 0 Å². The van der Waals surface area contributed by atoms with Crippen LogP contribution < -0.4 is 10.1 Å². The zero-order valence-corrected chi connectivity index (χ0v) is 11.5. The normalized spacial score (nSPS) is 12.0. The fourth-order valence-electron chi connectivity index (χ4n) is 2.04. The van der Waals surface area contributed by atoms with Crippen LogP contribution in [-0.2, 0) is 0 Å². The van der Waals surface area contributed by atoms with Gasteiger partial charge in [-0.15, -0.1) is 0 Å². The molecule has 106 valence electrons. The number of anilines is 1. The van der Waals surface area contributed by atoms with Gasteiger partial charge in [-0.3, -0.25) is 0 Å². The van der Waals surface area contributed by atoms with Crippen LogP contribution in [-0.4, -0.2) is 7.11 Å². The Morgan fingerprint density at radius 1 is 1.05 bits per heavy atom. The molecule has 0 bridgehead atoms. The quantitative estimate of drug-likeness (QED) is 0.866. The Hall–Kier alpha value is -2.10. The molecule has 1 atom stereocenters. The number of hydrogen-bond acceptors (Lipinski definition) is 2. The molecule has 0 heterocycles. The van der Waals surface area contributed by atoms with E-state index in [4.69, 9.17) is 4.74 Å². The molecular weight excluding hydrogens is 260 g/mol. The maximum absolute atomic E-state index is 13.2. The molecule has 20 heavy (non-hydrogen) atoms. The maximum Gasteiger partial charge on any atom is 0.160 e. The second kappa shape index (κ2) is 6.37. The molecule has 2 aromatic rings. The fraction of sp³-hybridized carbons (Fsp3) is 0.250. The van der Waals surface area contributed by atoms with Crippen molar-refractivity contribution in [2.24, 2.45) is 0 Å². The Labute approximate surface area is 117 Å². The van der Waals surface area contributed by atoms with E-state index < -0.39 is 11.6 Å². The summed E-state index contributed by atoms with van der Waals surface area (Å²) in [6.45, 7) is 2.03. The first-order valence-corrected chi connectivity index (χ1v) is 6.49. The van der Waals surface area contributed by atoms with E-state index in [0.717, 1.165) is 23.8 Å². The van der Waals surface area contributed by atoms with Gasteiger partial charge in [0, 0.05) is 11.8 Å². The summed E-state index contributed by atoms with van der Waals surface area (Å²) in [5.41, 5.74) is 1.63. The molecule has 0 aliphatic heterocycles. The third kappa shape index (κ3) is 3.26. The highest BCUT2D eigenvalue weighted by atomic mass is 19.2. The van der Waals surface area contributed by atoms with Crippen LogP contribution in [0.1, 0.15) is 24.9 Å². The Kier molecular flexibility index (Phi) is 4.56. The van der Waals surface area contributed by atoms with Crippen molar-refractivity contribution in [3.63, 3.8) is 0 Å². The molecule has 0 radical (unpaired) electrons. The zero-order valence-electron chi connectivity index (χ0n) is 11.5. The van der Waals surface area contributed by atoms with E-state index in [0.29, 0.717) is 5.69 Å². The highest BCUT2D eigenvalue weighted by Crippen LogP contribution is 2.25. The Morgan fingerprint density at radius 2 is 1.75 bits per heavy atom. The predicted octanol–water partition coefficient (Wildman–Crippen LogP) is 4.54. The van der Waals surface area contributed by atoms with Crippen molar-refractivity contribution in [1.82, 2.24) is 0 Å². The van der Waals surface area contributed by atoms with E-state index in [2.05, 4.69) is 5.32 Å². The lowest BCUT2D eigenvalue weighted by molar-refractivity contribution is 0.414. The molecule has 4 heteroatoms. The second-order valence-corrected chi connectivity index (χ2v) is 4.51. The molecule has 0 amide bonds. The van der Waals surface area contributed by atoms with E-state index in [1.165, 1.54) is 12.1 Å². The Bertz CT molecular complexity index is 569. The number of nitrogens with one attached hydrogen (secondary N) is 1. The molecular formula is C16H17F2NO. The lowest BCUT2D eigenvalue weighted by Gasteiger charge is -2.19. The molecule has 0 saturated heterocycles. The molecule has 1 unspecified atom stereocenters. The summed E-state index contributed by atoms with van der Waals surface area (Å²) >= 11 is 0. The molecule has 2 rings (SSSR count). The van der Waals surface area contributed by atoms with Crippen molar-refractivity contribution in [1.29, 1.82) is 0 Å². The Morgan fingerprint density at radius 3 is 2.30 bits per heavy atom. The van der Waals surface area contributed by atoms with Gasteiger partial charge in [0.15, 0.2) is 11.6 Å². The largest absolute Gasteiger partial charge is 0.497 e. The molecule has 0 fully saturated rings. The number of rotatable bonds is 5. The van der Waals surface area contributed by atoms with Crippen molar-refractivity contribution in [2.45, 2.75) is 19.4 Å². The van der Waals surface area contributed by atoms with E-state index in [1.54, 1.807) is 7.11 Å². The number of hydrogen-bond donors (Lipinski definition) is 1. The number of methoxy groups -OCH3 is 1. The number of ether oxygens (including phenoxy) is 1. The summed E-state index contributed by atoms with van der Waals surface area (Å²) < 4.78 is 31.2. The fourth-order valence-corrected chi connectivity index (χ4v) is 2.04. The van der Waals surface area contributed by atoms with Crippen LogP contribution in [0.15, 0.2) is 42.5 Å². The van der Waals surface area contributed by atoms with E-state index in [1.807, 2.05) is 31.2 Å². The molecule has 0 spiro atoms. The average Bonchev–Trinajstić information content (AvgIpc) is 2.48. The summed E-state index contributed by atoms with van der Waals surface area (Å²) in [5, 5.41) is 3.20. The van der Waals surface area contributed by atoms with Crippen LogP contribution in [0.3, 0.4) is 0 Å². The lowest BCUT2D eigenvalue weighted by Crippen LogP contribution is -2.10. The molecule has 0 aromatic heterocycles. The number of halogens is 2. The summed E-state index contributed by atoms with van der Waals surface area (Å²) in [5.74, 6) is -0.899. The van der Waals surface area contributed by atoms with Crippen LogP contribution >= 0.6 is 0 Å². The van der Waals surface area contributed by atoms with Crippen molar-refractivity contribution >= 4 is 5.69 Å². The maximum atomic E-state index is 13.2. The highest BCUT2D eigenvalue weighted by molar-refractivity contribution is 5.46. The van der Waals surface area contributed by atoms with Crippen molar-refractivity contribution in [2.75, 3.05) is 12.4 Å². The topological polar surface area (TPSA) is 21.3 Å². The smallest absolute Gasteiger partial charge is 0.160 e. The second-order valence-electron chi connectivity index (χ2n) is 4.51.